The fourth-order valence-corrected chi connectivity index (χ4v) is 2.72. The number of benzene rings is 1. The van der Waals surface area contributed by atoms with Gasteiger partial charge in [0.25, 0.3) is 11.8 Å². The molecule has 1 aromatic rings. The van der Waals surface area contributed by atoms with E-state index in [1.807, 2.05) is 20.8 Å². The minimum absolute atomic E-state index is 0.0504. The standard InChI is InChI=1S/C17H21BrN2O3/c1-10(2)11(3)19-15(21)5-4-8-20-16(22)13-7-6-12(18)9-14(13)17(20)23/h6-7,9-11H,4-5,8H2,1-3H3,(H,19,21). The maximum atomic E-state index is 12.3. The molecule has 1 aliphatic heterocycles. The number of nitrogens with one attached hydrogen (secondary N) is 1. The van der Waals surface area contributed by atoms with Crippen LogP contribution in [0.2, 0.25) is 0 Å². The Morgan fingerprint density at radius 2 is 1.83 bits per heavy atom. The number of hydrogen-bond acceptors (Lipinski definition) is 3. The molecule has 1 aliphatic rings. The molecule has 1 atom stereocenters. The van der Waals surface area contributed by atoms with Crippen LogP contribution in [0.15, 0.2) is 22.7 Å². The molecule has 2 rings (SSSR count). The van der Waals surface area contributed by atoms with Crippen LogP contribution >= 0.6 is 15.9 Å². The van der Waals surface area contributed by atoms with Gasteiger partial charge < -0.3 is 5.32 Å². The lowest BCUT2D eigenvalue weighted by atomic mass is 10.1. The van der Waals surface area contributed by atoms with Crippen molar-refractivity contribution in [3.05, 3.63) is 33.8 Å². The summed E-state index contributed by atoms with van der Waals surface area (Å²) in [6.07, 6.45) is 0.761. The Morgan fingerprint density at radius 3 is 2.48 bits per heavy atom. The van der Waals surface area contributed by atoms with Crippen molar-refractivity contribution < 1.29 is 14.4 Å². The number of halogens is 1. The molecule has 6 heteroatoms. The molecule has 5 nitrogen and oxygen atoms in total. The lowest BCUT2D eigenvalue weighted by molar-refractivity contribution is -0.122. The smallest absolute Gasteiger partial charge is 0.261 e. The number of imide groups is 1. The molecule has 3 amide bonds. The second kappa shape index (κ2) is 7.25. The minimum atomic E-state index is -0.290. The normalized spacial score (nSPS) is 15.1. The first-order valence-electron chi connectivity index (χ1n) is 7.76. The summed E-state index contributed by atoms with van der Waals surface area (Å²) in [7, 11) is 0. The molecule has 23 heavy (non-hydrogen) atoms. The Labute approximate surface area is 144 Å². The Balaban J connectivity index is 1.89. The van der Waals surface area contributed by atoms with Crippen LogP contribution in [0.4, 0.5) is 0 Å². The van der Waals surface area contributed by atoms with Crippen LogP contribution in [0.1, 0.15) is 54.3 Å². The van der Waals surface area contributed by atoms with Crippen molar-refractivity contribution in [2.75, 3.05) is 6.54 Å². The van der Waals surface area contributed by atoms with Gasteiger partial charge in [0.05, 0.1) is 11.1 Å². The summed E-state index contributed by atoms with van der Waals surface area (Å²) in [6, 6.07) is 5.16. The average molecular weight is 381 g/mol. The summed E-state index contributed by atoms with van der Waals surface area (Å²) in [5, 5.41) is 2.92. The van der Waals surface area contributed by atoms with Crippen LogP contribution in [0.25, 0.3) is 0 Å². The van der Waals surface area contributed by atoms with Crippen molar-refractivity contribution in [1.82, 2.24) is 10.2 Å². The monoisotopic (exact) mass is 380 g/mol. The number of carbonyl (C=O) groups excluding carboxylic acids is 3. The molecular weight excluding hydrogens is 360 g/mol. The second-order valence-corrected chi connectivity index (χ2v) is 7.07. The van der Waals surface area contributed by atoms with Gasteiger partial charge in [0.15, 0.2) is 0 Å². The lowest BCUT2D eigenvalue weighted by Gasteiger charge is -2.18. The predicted octanol–water partition coefficient (Wildman–Crippen LogP) is 2.99. The molecule has 0 radical (unpaired) electrons. The van der Waals surface area contributed by atoms with E-state index in [-0.39, 0.29) is 30.3 Å². The van der Waals surface area contributed by atoms with E-state index in [0.717, 1.165) is 4.47 Å². The maximum Gasteiger partial charge on any atom is 0.261 e. The highest BCUT2D eigenvalue weighted by Crippen LogP contribution is 2.26. The van der Waals surface area contributed by atoms with Crippen LogP contribution in [-0.4, -0.2) is 35.2 Å². The number of nitrogens with zero attached hydrogens (tertiary/aromatic N) is 1. The highest BCUT2D eigenvalue weighted by atomic mass is 79.9. The van der Waals surface area contributed by atoms with Crippen LogP contribution in [0.5, 0.6) is 0 Å². The predicted molar refractivity (Wildman–Crippen MR) is 91.2 cm³/mol. The van der Waals surface area contributed by atoms with Gasteiger partial charge in [0.1, 0.15) is 0 Å². The Morgan fingerprint density at radius 1 is 1.17 bits per heavy atom. The van der Waals surface area contributed by atoms with Crippen molar-refractivity contribution in [2.45, 2.75) is 39.7 Å². The van der Waals surface area contributed by atoms with E-state index in [2.05, 4.69) is 21.2 Å². The molecule has 124 valence electrons. The zero-order chi connectivity index (χ0) is 17.1. The van der Waals surface area contributed by atoms with Gasteiger partial charge in [0.2, 0.25) is 5.91 Å². The molecule has 0 fully saturated rings. The van der Waals surface area contributed by atoms with E-state index in [0.29, 0.717) is 29.9 Å². The summed E-state index contributed by atoms with van der Waals surface area (Å²) in [5.74, 6) is -0.255. The second-order valence-electron chi connectivity index (χ2n) is 6.16. The summed E-state index contributed by atoms with van der Waals surface area (Å²) >= 11 is 3.30. The fraction of sp³-hybridized carbons (Fsp3) is 0.471. The third kappa shape index (κ3) is 3.99. The zero-order valence-corrected chi connectivity index (χ0v) is 15.1. The third-order valence-electron chi connectivity index (χ3n) is 4.11. The van der Waals surface area contributed by atoms with Crippen molar-refractivity contribution >= 4 is 33.7 Å². The molecule has 1 aromatic carbocycles. The number of carbonyl (C=O) groups is 3. The van der Waals surface area contributed by atoms with Gasteiger partial charge in [-0.05, 0) is 37.5 Å². The molecule has 0 aliphatic carbocycles. The highest BCUT2D eigenvalue weighted by Gasteiger charge is 2.35. The van der Waals surface area contributed by atoms with Gasteiger partial charge in [-0.3, -0.25) is 19.3 Å². The van der Waals surface area contributed by atoms with Crippen molar-refractivity contribution in [2.24, 2.45) is 5.92 Å². The van der Waals surface area contributed by atoms with Crippen LogP contribution < -0.4 is 5.32 Å². The van der Waals surface area contributed by atoms with E-state index in [9.17, 15) is 14.4 Å². The van der Waals surface area contributed by atoms with Crippen LogP contribution in [-0.2, 0) is 4.79 Å². The quantitative estimate of drug-likeness (QED) is 0.771. The molecule has 0 spiro atoms. The molecule has 0 aromatic heterocycles. The van der Waals surface area contributed by atoms with Gasteiger partial charge in [-0.15, -0.1) is 0 Å². The van der Waals surface area contributed by atoms with Crippen LogP contribution in [0, 0.1) is 5.92 Å². The van der Waals surface area contributed by atoms with Crippen molar-refractivity contribution in [3.8, 4) is 0 Å². The fourth-order valence-electron chi connectivity index (χ4n) is 2.36. The van der Waals surface area contributed by atoms with Crippen molar-refractivity contribution in [3.63, 3.8) is 0 Å². The minimum Gasteiger partial charge on any atom is -0.353 e. The molecule has 1 N–H and O–H groups in total. The molecule has 1 unspecified atom stereocenters. The van der Waals surface area contributed by atoms with E-state index < -0.39 is 0 Å². The van der Waals surface area contributed by atoms with E-state index >= 15 is 0 Å². The Hall–Kier alpha value is -1.69. The van der Waals surface area contributed by atoms with Crippen LogP contribution in [0.3, 0.4) is 0 Å². The lowest BCUT2D eigenvalue weighted by Crippen LogP contribution is -2.37. The van der Waals surface area contributed by atoms with Gasteiger partial charge in [-0.25, -0.2) is 0 Å². The third-order valence-corrected chi connectivity index (χ3v) is 4.60. The first-order valence-corrected chi connectivity index (χ1v) is 8.55. The zero-order valence-electron chi connectivity index (χ0n) is 13.6. The SMILES string of the molecule is CC(C)C(C)NC(=O)CCCN1C(=O)c2ccc(Br)cc2C1=O. The van der Waals surface area contributed by atoms with E-state index in [1.165, 1.54) is 4.90 Å². The van der Waals surface area contributed by atoms with Gasteiger partial charge >= 0.3 is 0 Å². The molecule has 1 heterocycles. The first-order chi connectivity index (χ1) is 10.8. The van der Waals surface area contributed by atoms with Crippen molar-refractivity contribution in [1.29, 1.82) is 0 Å². The van der Waals surface area contributed by atoms with Gasteiger partial charge in [-0.1, -0.05) is 29.8 Å². The van der Waals surface area contributed by atoms with Gasteiger partial charge in [-0.2, -0.15) is 0 Å². The summed E-state index contributed by atoms with van der Waals surface area (Å²) in [6.45, 7) is 6.31. The molecule has 0 bridgehead atoms. The van der Waals surface area contributed by atoms with Gasteiger partial charge in [0, 0.05) is 23.5 Å². The Bertz CT molecular complexity index is 643. The molecular formula is C17H21BrN2O3. The van der Waals surface area contributed by atoms with E-state index in [4.69, 9.17) is 0 Å². The van der Waals surface area contributed by atoms with E-state index in [1.54, 1.807) is 18.2 Å². The number of amides is 3. The summed E-state index contributed by atoms with van der Waals surface area (Å²) < 4.78 is 0.765. The first kappa shape index (κ1) is 17.7. The summed E-state index contributed by atoms with van der Waals surface area (Å²) in [5.41, 5.74) is 0.846. The number of fused-ring (bicyclic) bond motifs is 1. The highest BCUT2D eigenvalue weighted by molar-refractivity contribution is 9.10. The molecule has 0 saturated carbocycles. The largest absolute Gasteiger partial charge is 0.353 e. The summed E-state index contributed by atoms with van der Waals surface area (Å²) in [4.78, 5) is 37.6. The number of hydrogen-bond donors (Lipinski definition) is 1. The number of rotatable bonds is 6. The topological polar surface area (TPSA) is 66.5 Å². The average Bonchev–Trinajstić information content (AvgIpc) is 2.71. The molecule has 0 saturated heterocycles. The maximum absolute atomic E-state index is 12.3. The Kier molecular flexibility index (Phi) is 5.57.